The topological polar surface area (TPSA) is 81.8 Å². The SMILES string of the molecule is CCCCCCCCCCN.O=C(O)C1OCc2ccccc2O1. The molecule has 1 aliphatic rings. The standard InChI is InChI=1S/C10H23N.C9H8O4/c1-2-3-4-5-6-7-8-9-10-11;10-8(11)9-12-5-6-3-1-2-4-7(6)13-9/h2-11H2,1H3;1-4,9H,5H2,(H,10,11). The van der Waals surface area contributed by atoms with Crippen LogP contribution in [0, 0.1) is 0 Å². The number of carboxylic acid groups (broad SMARTS) is 1. The molecule has 0 amide bonds. The second-order valence-electron chi connectivity index (χ2n) is 5.97. The van der Waals surface area contributed by atoms with Gasteiger partial charge in [-0.2, -0.15) is 0 Å². The lowest BCUT2D eigenvalue weighted by molar-refractivity contribution is -0.177. The quantitative estimate of drug-likeness (QED) is 0.663. The average Bonchev–Trinajstić information content (AvgIpc) is 2.61. The van der Waals surface area contributed by atoms with E-state index in [1.54, 1.807) is 12.1 Å². The maximum Gasteiger partial charge on any atom is 0.373 e. The number of fused-ring (bicyclic) bond motifs is 1. The van der Waals surface area contributed by atoms with Gasteiger partial charge in [-0.05, 0) is 19.0 Å². The molecular formula is C19H31NO4. The molecule has 0 radical (unpaired) electrons. The van der Waals surface area contributed by atoms with E-state index in [-0.39, 0.29) is 6.61 Å². The van der Waals surface area contributed by atoms with Crippen molar-refractivity contribution in [2.45, 2.75) is 71.2 Å². The van der Waals surface area contributed by atoms with Crippen LogP contribution in [0.1, 0.15) is 63.9 Å². The number of aliphatic carboxylic acids is 1. The van der Waals surface area contributed by atoms with Crippen molar-refractivity contribution in [3.05, 3.63) is 29.8 Å². The lowest BCUT2D eigenvalue weighted by Crippen LogP contribution is -2.33. The van der Waals surface area contributed by atoms with Crippen LogP contribution in [0.3, 0.4) is 0 Å². The Morgan fingerprint density at radius 1 is 1.12 bits per heavy atom. The summed E-state index contributed by atoms with van der Waals surface area (Å²) >= 11 is 0. The fourth-order valence-electron chi connectivity index (χ4n) is 2.45. The normalized spacial score (nSPS) is 15.7. The average molecular weight is 337 g/mol. The zero-order chi connectivity index (χ0) is 17.6. The first-order valence-corrected chi connectivity index (χ1v) is 8.98. The van der Waals surface area contributed by atoms with E-state index in [4.69, 9.17) is 20.3 Å². The summed E-state index contributed by atoms with van der Waals surface area (Å²) in [6, 6.07) is 7.22. The molecule has 0 aliphatic carbocycles. The summed E-state index contributed by atoms with van der Waals surface area (Å²) in [5.74, 6) is -0.518. The fourth-order valence-corrected chi connectivity index (χ4v) is 2.45. The maximum absolute atomic E-state index is 10.5. The molecule has 0 saturated carbocycles. The van der Waals surface area contributed by atoms with Crippen molar-refractivity contribution in [2.24, 2.45) is 5.73 Å². The van der Waals surface area contributed by atoms with Crippen LogP contribution in [0.15, 0.2) is 24.3 Å². The first-order chi connectivity index (χ1) is 11.7. The minimum atomic E-state index is -1.17. The molecule has 1 unspecified atom stereocenters. The Kier molecular flexibility index (Phi) is 10.9. The second-order valence-corrected chi connectivity index (χ2v) is 5.97. The summed E-state index contributed by atoms with van der Waals surface area (Å²) < 4.78 is 10.0. The molecule has 3 N–H and O–H groups in total. The number of rotatable bonds is 9. The molecule has 136 valence electrons. The maximum atomic E-state index is 10.5. The highest BCUT2D eigenvalue weighted by molar-refractivity contribution is 5.71. The van der Waals surface area contributed by atoms with Gasteiger partial charge in [0.05, 0.1) is 6.61 Å². The summed E-state index contributed by atoms with van der Waals surface area (Å²) in [7, 11) is 0. The minimum absolute atomic E-state index is 0.285. The molecule has 0 bridgehead atoms. The lowest BCUT2D eigenvalue weighted by atomic mass is 10.1. The van der Waals surface area contributed by atoms with Crippen molar-refractivity contribution in [3.63, 3.8) is 0 Å². The highest BCUT2D eigenvalue weighted by Crippen LogP contribution is 2.25. The van der Waals surface area contributed by atoms with Gasteiger partial charge in [-0.1, -0.05) is 70.1 Å². The molecule has 1 atom stereocenters. The number of carbonyl (C=O) groups is 1. The predicted octanol–water partition coefficient (Wildman–Crippen LogP) is 4.09. The third-order valence-electron chi connectivity index (χ3n) is 3.86. The monoisotopic (exact) mass is 337 g/mol. The van der Waals surface area contributed by atoms with Gasteiger partial charge in [0.15, 0.2) is 0 Å². The minimum Gasteiger partial charge on any atom is -0.477 e. The van der Waals surface area contributed by atoms with Gasteiger partial charge in [-0.25, -0.2) is 4.79 Å². The number of carboxylic acids is 1. The summed E-state index contributed by atoms with van der Waals surface area (Å²) in [6.45, 7) is 3.41. The number of nitrogens with two attached hydrogens (primary N) is 1. The third-order valence-corrected chi connectivity index (χ3v) is 3.86. The van der Waals surface area contributed by atoms with Gasteiger partial charge in [0.2, 0.25) is 0 Å². The van der Waals surface area contributed by atoms with E-state index >= 15 is 0 Å². The molecule has 2 rings (SSSR count). The number of ether oxygens (including phenoxy) is 2. The van der Waals surface area contributed by atoms with Gasteiger partial charge in [-0.3, -0.25) is 0 Å². The Bertz CT molecular complexity index is 456. The van der Waals surface area contributed by atoms with Gasteiger partial charge in [-0.15, -0.1) is 0 Å². The fraction of sp³-hybridized carbons (Fsp3) is 0.632. The summed E-state index contributed by atoms with van der Waals surface area (Å²) in [6.07, 6.45) is 9.81. The number of hydrogen-bond donors (Lipinski definition) is 2. The van der Waals surface area contributed by atoms with E-state index in [2.05, 4.69) is 6.92 Å². The van der Waals surface area contributed by atoms with E-state index in [9.17, 15) is 4.79 Å². The van der Waals surface area contributed by atoms with Crippen molar-refractivity contribution in [3.8, 4) is 5.75 Å². The van der Waals surface area contributed by atoms with E-state index in [1.165, 1.54) is 51.4 Å². The molecule has 1 aliphatic heterocycles. The molecular weight excluding hydrogens is 306 g/mol. The van der Waals surface area contributed by atoms with Gasteiger partial charge < -0.3 is 20.3 Å². The Hall–Kier alpha value is -1.59. The largest absolute Gasteiger partial charge is 0.477 e. The Labute approximate surface area is 145 Å². The van der Waals surface area contributed by atoms with Crippen molar-refractivity contribution in [1.82, 2.24) is 0 Å². The van der Waals surface area contributed by atoms with E-state index in [0.717, 1.165) is 12.1 Å². The van der Waals surface area contributed by atoms with Gasteiger partial charge in [0.1, 0.15) is 5.75 Å². The lowest BCUT2D eigenvalue weighted by Gasteiger charge is -2.22. The van der Waals surface area contributed by atoms with Crippen molar-refractivity contribution < 1.29 is 19.4 Å². The van der Waals surface area contributed by atoms with Crippen LogP contribution in [0.5, 0.6) is 5.75 Å². The van der Waals surface area contributed by atoms with Gasteiger partial charge in [0.25, 0.3) is 6.29 Å². The Balaban J connectivity index is 0.000000245. The van der Waals surface area contributed by atoms with Crippen LogP contribution in [0.4, 0.5) is 0 Å². The van der Waals surface area contributed by atoms with E-state index in [1.807, 2.05) is 12.1 Å². The molecule has 5 heteroatoms. The van der Waals surface area contributed by atoms with E-state index < -0.39 is 12.3 Å². The number of hydrogen-bond acceptors (Lipinski definition) is 4. The molecule has 24 heavy (non-hydrogen) atoms. The first-order valence-electron chi connectivity index (χ1n) is 8.98. The Morgan fingerprint density at radius 2 is 1.75 bits per heavy atom. The molecule has 1 heterocycles. The summed E-state index contributed by atoms with van der Waals surface area (Å²) in [5, 5.41) is 8.61. The van der Waals surface area contributed by atoms with Crippen molar-refractivity contribution in [1.29, 1.82) is 0 Å². The molecule has 0 fully saturated rings. The molecule has 0 saturated heterocycles. The smallest absolute Gasteiger partial charge is 0.373 e. The van der Waals surface area contributed by atoms with Crippen LogP contribution in [0.25, 0.3) is 0 Å². The zero-order valence-corrected chi connectivity index (χ0v) is 14.7. The summed E-state index contributed by atoms with van der Waals surface area (Å²) in [5.41, 5.74) is 6.27. The number of benzene rings is 1. The van der Waals surface area contributed by atoms with Crippen molar-refractivity contribution >= 4 is 5.97 Å². The molecule has 1 aromatic carbocycles. The highest BCUT2D eigenvalue weighted by Gasteiger charge is 2.25. The first kappa shape index (κ1) is 20.5. The molecule has 5 nitrogen and oxygen atoms in total. The highest BCUT2D eigenvalue weighted by atomic mass is 16.7. The van der Waals surface area contributed by atoms with Gasteiger partial charge in [0, 0.05) is 5.56 Å². The predicted molar refractivity (Wildman–Crippen MR) is 94.9 cm³/mol. The second kappa shape index (κ2) is 12.8. The molecule has 0 aromatic heterocycles. The summed E-state index contributed by atoms with van der Waals surface area (Å²) in [4.78, 5) is 10.5. The zero-order valence-electron chi connectivity index (χ0n) is 14.7. The number of unbranched alkanes of at least 4 members (excludes halogenated alkanes) is 7. The van der Waals surface area contributed by atoms with E-state index in [0.29, 0.717) is 5.75 Å². The van der Waals surface area contributed by atoms with Crippen LogP contribution in [-0.2, 0) is 16.1 Å². The Morgan fingerprint density at radius 3 is 2.38 bits per heavy atom. The number of para-hydroxylation sites is 1. The van der Waals surface area contributed by atoms with Crippen LogP contribution in [-0.4, -0.2) is 23.9 Å². The van der Waals surface area contributed by atoms with Crippen LogP contribution >= 0.6 is 0 Å². The van der Waals surface area contributed by atoms with Crippen molar-refractivity contribution in [2.75, 3.05) is 6.54 Å². The van der Waals surface area contributed by atoms with Crippen LogP contribution < -0.4 is 10.5 Å². The molecule has 0 spiro atoms. The van der Waals surface area contributed by atoms with Gasteiger partial charge >= 0.3 is 5.97 Å². The van der Waals surface area contributed by atoms with Crippen LogP contribution in [0.2, 0.25) is 0 Å². The third kappa shape index (κ3) is 8.31. The molecule has 1 aromatic rings.